The number of thiazole rings is 1. The van der Waals surface area contributed by atoms with E-state index in [-0.39, 0.29) is 12.0 Å². The van der Waals surface area contributed by atoms with Gasteiger partial charge < -0.3 is 9.64 Å². The molecule has 1 aliphatic heterocycles. The molecule has 0 N–H and O–H groups in total. The number of hydrogen-bond donors (Lipinski definition) is 0. The van der Waals surface area contributed by atoms with Crippen LogP contribution in [-0.4, -0.2) is 45.7 Å². The van der Waals surface area contributed by atoms with E-state index < -0.39 is 0 Å². The van der Waals surface area contributed by atoms with E-state index in [1.165, 1.54) is 11.8 Å². The highest BCUT2D eigenvalue weighted by molar-refractivity contribution is 8.01. The van der Waals surface area contributed by atoms with Crippen LogP contribution >= 0.6 is 23.1 Å². The van der Waals surface area contributed by atoms with Gasteiger partial charge in [-0.15, -0.1) is 11.3 Å². The Morgan fingerprint density at radius 1 is 1.54 bits per heavy atom. The van der Waals surface area contributed by atoms with Gasteiger partial charge in [-0.25, -0.2) is 4.98 Å². The predicted octanol–water partition coefficient (Wildman–Crippen LogP) is 3.15. The monoisotopic (exact) mass is 363 g/mol. The minimum atomic E-state index is 0.106. The van der Waals surface area contributed by atoms with Crippen LogP contribution in [0.1, 0.15) is 24.1 Å². The molecule has 0 unspecified atom stereocenters. The fraction of sp³-hybridized carbons (Fsp3) is 0.471. The van der Waals surface area contributed by atoms with Crippen LogP contribution in [-0.2, 0) is 16.1 Å². The van der Waals surface area contributed by atoms with Crippen LogP contribution in [0.4, 0.5) is 0 Å². The highest BCUT2D eigenvalue weighted by Crippen LogP contribution is 2.23. The molecule has 1 atom stereocenters. The molecule has 7 heteroatoms. The van der Waals surface area contributed by atoms with Gasteiger partial charge in [-0.05, 0) is 31.4 Å². The zero-order valence-electron chi connectivity index (χ0n) is 13.7. The fourth-order valence-corrected chi connectivity index (χ4v) is 4.36. The van der Waals surface area contributed by atoms with E-state index in [9.17, 15) is 4.79 Å². The van der Waals surface area contributed by atoms with Crippen molar-refractivity contribution < 1.29 is 9.53 Å². The van der Waals surface area contributed by atoms with E-state index in [1.807, 2.05) is 35.5 Å². The summed E-state index contributed by atoms with van der Waals surface area (Å²) < 4.78 is 6.92. The lowest BCUT2D eigenvalue weighted by atomic mass is 10.1. The number of nitrogens with zero attached hydrogens (tertiary/aromatic N) is 3. The molecule has 0 spiro atoms. The summed E-state index contributed by atoms with van der Waals surface area (Å²) in [5.41, 5.74) is 2.08. The summed E-state index contributed by atoms with van der Waals surface area (Å²) in [6.07, 6.45) is 5.67. The highest BCUT2D eigenvalue weighted by atomic mass is 32.2. The second-order valence-corrected chi connectivity index (χ2v) is 7.90. The van der Waals surface area contributed by atoms with Gasteiger partial charge in [-0.2, -0.15) is 0 Å². The number of aromatic nitrogens is 2. The molecule has 0 radical (unpaired) electrons. The zero-order chi connectivity index (χ0) is 16.8. The predicted molar refractivity (Wildman–Crippen MR) is 96.2 cm³/mol. The van der Waals surface area contributed by atoms with E-state index in [0.717, 1.165) is 35.0 Å². The van der Waals surface area contributed by atoms with Crippen molar-refractivity contribution in [2.24, 2.45) is 0 Å². The molecule has 24 heavy (non-hydrogen) atoms. The number of piperidine rings is 1. The van der Waals surface area contributed by atoms with Gasteiger partial charge in [0.05, 0.1) is 18.5 Å². The van der Waals surface area contributed by atoms with Crippen LogP contribution in [0.5, 0.6) is 0 Å². The van der Waals surface area contributed by atoms with Crippen LogP contribution in [0.25, 0.3) is 0 Å². The van der Waals surface area contributed by atoms with E-state index in [0.29, 0.717) is 18.9 Å². The van der Waals surface area contributed by atoms with E-state index >= 15 is 0 Å². The van der Waals surface area contributed by atoms with Crippen molar-refractivity contribution in [2.45, 2.75) is 36.8 Å². The summed E-state index contributed by atoms with van der Waals surface area (Å²) in [6.45, 7) is 4.02. The summed E-state index contributed by atoms with van der Waals surface area (Å²) in [5, 5.41) is 2.01. The number of carbonyl (C=O) groups is 1. The Morgan fingerprint density at radius 2 is 2.46 bits per heavy atom. The van der Waals surface area contributed by atoms with Crippen molar-refractivity contribution in [1.82, 2.24) is 14.9 Å². The van der Waals surface area contributed by atoms with Crippen LogP contribution in [0.15, 0.2) is 34.2 Å². The maximum absolute atomic E-state index is 12.4. The van der Waals surface area contributed by atoms with E-state index in [1.54, 1.807) is 17.5 Å². The molecule has 2 aromatic heterocycles. The number of carbonyl (C=O) groups excluding carboxylic acids is 1. The first-order chi connectivity index (χ1) is 11.7. The molecule has 0 saturated carbocycles. The molecule has 1 fully saturated rings. The third-order valence-corrected chi connectivity index (χ3v) is 5.98. The largest absolute Gasteiger partial charge is 0.372 e. The van der Waals surface area contributed by atoms with E-state index in [2.05, 4.69) is 9.97 Å². The quantitative estimate of drug-likeness (QED) is 0.738. The lowest BCUT2D eigenvalue weighted by molar-refractivity contribution is -0.132. The number of rotatable bonds is 6. The SMILES string of the molecule is Cc1csc(SCC(=O)N2CCC[C@H](OCc3cccnc3)C2)n1. The second-order valence-electron chi connectivity index (χ2n) is 5.82. The molecule has 0 aliphatic carbocycles. The van der Waals surface area contributed by atoms with Gasteiger partial charge in [0.25, 0.3) is 0 Å². The van der Waals surface area contributed by atoms with Crippen molar-refractivity contribution in [2.75, 3.05) is 18.8 Å². The number of thioether (sulfide) groups is 1. The molecule has 0 bridgehead atoms. The second kappa shape index (κ2) is 8.60. The Bertz CT molecular complexity index is 663. The lowest BCUT2D eigenvalue weighted by Crippen LogP contribution is -2.44. The smallest absolute Gasteiger partial charge is 0.233 e. The van der Waals surface area contributed by atoms with Gasteiger partial charge in [0.15, 0.2) is 4.34 Å². The topological polar surface area (TPSA) is 55.3 Å². The Balaban J connectivity index is 1.45. The van der Waals surface area contributed by atoms with Gasteiger partial charge in [-0.3, -0.25) is 9.78 Å². The number of pyridine rings is 1. The number of aryl methyl sites for hydroxylation is 1. The molecular formula is C17H21N3O2S2. The normalized spacial score (nSPS) is 17.9. The third-order valence-electron chi connectivity index (χ3n) is 3.86. The van der Waals surface area contributed by atoms with Crippen molar-refractivity contribution >= 4 is 29.0 Å². The average Bonchev–Trinajstić information content (AvgIpc) is 3.04. The van der Waals surface area contributed by atoms with E-state index in [4.69, 9.17) is 4.74 Å². The first kappa shape index (κ1) is 17.4. The number of ether oxygens (including phenoxy) is 1. The summed E-state index contributed by atoms with van der Waals surface area (Å²) in [4.78, 5) is 22.8. The molecule has 1 amide bonds. The minimum Gasteiger partial charge on any atom is -0.372 e. The molecule has 5 nitrogen and oxygen atoms in total. The lowest BCUT2D eigenvalue weighted by Gasteiger charge is -2.32. The van der Waals surface area contributed by atoms with Crippen LogP contribution < -0.4 is 0 Å². The Kier molecular flexibility index (Phi) is 6.23. The summed E-state index contributed by atoms with van der Waals surface area (Å²) in [7, 11) is 0. The summed E-state index contributed by atoms with van der Waals surface area (Å²) >= 11 is 3.12. The van der Waals surface area contributed by atoms with Gasteiger partial charge in [-0.1, -0.05) is 17.8 Å². The Hall–Kier alpha value is -1.44. The zero-order valence-corrected chi connectivity index (χ0v) is 15.3. The van der Waals surface area contributed by atoms with Crippen molar-refractivity contribution in [3.8, 4) is 0 Å². The van der Waals surface area contributed by atoms with Crippen molar-refractivity contribution in [3.05, 3.63) is 41.2 Å². The molecule has 2 aromatic rings. The van der Waals surface area contributed by atoms with Gasteiger partial charge in [0.2, 0.25) is 5.91 Å². The molecule has 1 aliphatic rings. The molecule has 3 heterocycles. The fourth-order valence-electron chi connectivity index (χ4n) is 2.61. The number of hydrogen-bond acceptors (Lipinski definition) is 6. The third kappa shape index (κ3) is 5.03. The van der Waals surface area contributed by atoms with Gasteiger partial charge in [0, 0.05) is 36.6 Å². The Labute approximate surface area is 150 Å². The summed E-state index contributed by atoms with van der Waals surface area (Å²) in [5.74, 6) is 0.616. The molecule has 1 saturated heterocycles. The van der Waals surface area contributed by atoms with Crippen LogP contribution in [0.3, 0.4) is 0 Å². The molecule has 128 valence electrons. The molecule has 3 rings (SSSR count). The first-order valence-electron chi connectivity index (χ1n) is 8.04. The number of amides is 1. The Morgan fingerprint density at radius 3 is 3.21 bits per heavy atom. The minimum absolute atomic E-state index is 0.106. The first-order valence-corrected chi connectivity index (χ1v) is 9.90. The van der Waals surface area contributed by atoms with Crippen molar-refractivity contribution in [3.63, 3.8) is 0 Å². The average molecular weight is 364 g/mol. The highest BCUT2D eigenvalue weighted by Gasteiger charge is 2.24. The van der Waals surface area contributed by atoms with Gasteiger partial charge >= 0.3 is 0 Å². The van der Waals surface area contributed by atoms with Gasteiger partial charge in [0.1, 0.15) is 0 Å². The van der Waals surface area contributed by atoms with Crippen LogP contribution in [0.2, 0.25) is 0 Å². The standard InChI is InChI=1S/C17H21N3O2S2/c1-13-11-23-17(19-13)24-12-16(21)20-7-3-5-15(9-20)22-10-14-4-2-6-18-8-14/h2,4,6,8,11,15H,3,5,7,9-10,12H2,1H3/t15-/m0/s1. The molecule has 0 aromatic carbocycles. The molecular weight excluding hydrogens is 342 g/mol. The van der Waals surface area contributed by atoms with Crippen molar-refractivity contribution in [1.29, 1.82) is 0 Å². The van der Waals surface area contributed by atoms with Crippen LogP contribution in [0, 0.1) is 6.92 Å². The summed E-state index contributed by atoms with van der Waals surface area (Å²) in [6, 6.07) is 3.92. The maximum Gasteiger partial charge on any atom is 0.233 e. The number of likely N-dealkylation sites (tertiary alicyclic amines) is 1. The maximum atomic E-state index is 12.4.